The lowest BCUT2D eigenvalue weighted by Gasteiger charge is -1.98. The summed E-state index contributed by atoms with van der Waals surface area (Å²) in [6.07, 6.45) is 0. The maximum absolute atomic E-state index is 10.9. The highest BCUT2D eigenvalue weighted by Gasteiger charge is 2.05. The molecule has 1 aromatic carbocycles. The summed E-state index contributed by atoms with van der Waals surface area (Å²) in [5.74, 6) is 5.63. The zero-order valence-electron chi connectivity index (χ0n) is 8.52. The molecule has 0 saturated heterocycles. The maximum atomic E-state index is 10.9. The number of aromatic nitrogens is 1. The van der Waals surface area contributed by atoms with Crippen molar-refractivity contribution in [3.63, 3.8) is 0 Å². The Balaban J connectivity index is 2.87. The molecular formula is C10H11N3OS. The highest BCUT2D eigenvalue weighted by molar-refractivity contribution is 7.16. The minimum Gasteiger partial charge on any atom is -0.337 e. The van der Waals surface area contributed by atoms with Crippen LogP contribution in [-0.2, 0) is 4.79 Å². The van der Waals surface area contributed by atoms with Crippen molar-refractivity contribution in [3.05, 3.63) is 28.6 Å². The number of nitrogens with two attached hydrogens (primary N) is 1. The summed E-state index contributed by atoms with van der Waals surface area (Å²) in [5, 5.41) is 0. The van der Waals surface area contributed by atoms with E-state index in [1.807, 2.05) is 25.1 Å². The van der Waals surface area contributed by atoms with Gasteiger partial charge in [0.2, 0.25) is 10.7 Å². The zero-order chi connectivity index (χ0) is 11.0. The van der Waals surface area contributed by atoms with E-state index in [0.29, 0.717) is 4.80 Å². The molecule has 0 aliphatic heterocycles. The second kappa shape index (κ2) is 3.51. The van der Waals surface area contributed by atoms with Crippen molar-refractivity contribution in [1.29, 1.82) is 0 Å². The van der Waals surface area contributed by atoms with Gasteiger partial charge in [-0.05, 0) is 18.6 Å². The van der Waals surface area contributed by atoms with E-state index in [2.05, 4.69) is 4.99 Å². The molecule has 0 bridgehead atoms. The van der Waals surface area contributed by atoms with E-state index >= 15 is 0 Å². The third-order valence-electron chi connectivity index (χ3n) is 2.10. The predicted octanol–water partition coefficient (Wildman–Crippen LogP) is 1.17. The number of amides is 1. The average molecular weight is 221 g/mol. The van der Waals surface area contributed by atoms with Gasteiger partial charge in [0.15, 0.2) is 0 Å². The number of nitrogens with zero attached hydrogens (tertiary/aromatic N) is 2. The number of rotatable bonds is 0. The maximum Gasteiger partial charge on any atom is 0.245 e. The van der Waals surface area contributed by atoms with Crippen LogP contribution in [0.15, 0.2) is 23.2 Å². The van der Waals surface area contributed by atoms with Crippen molar-refractivity contribution in [2.75, 3.05) is 5.84 Å². The number of benzene rings is 1. The zero-order valence-corrected chi connectivity index (χ0v) is 9.34. The molecule has 0 saturated carbocycles. The molecule has 0 atom stereocenters. The molecule has 78 valence electrons. The Bertz CT molecular complexity index is 594. The molecule has 2 rings (SSSR count). The fourth-order valence-electron chi connectivity index (χ4n) is 1.48. The van der Waals surface area contributed by atoms with Crippen molar-refractivity contribution < 1.29 is 4.79 Å². The monoisotopic (exact) mass is 221 g/mol. The SMILES string of the molecule is CC(=O)N=c1sc2cccc(C)c2n1N. The molecule has 0 unspecified atom stereocenters. The minimum atomic E-state index is -0.238. The standard InChI is InChI=1S/C10H11N3OS/c1-6-4-3-5-8-9(6)13(11)10(15-8)12-7(2)14/h3-5H,11H2,1-2H3. The van der Waals surface area contributed by atoms with Crippen molar-refractivity contribution >= 4 is 27.5 Å². The van der Waals surface area contributed by atoms with Crippen molar-refractivity contribution in [1.82, 2.24) is 4.68 Å². The van der Waals surface area contributed by atoms with Gasteiger partial charge in [-0.2, -0.15) is 4.99 Å². The van der Waals surface area contributed by atoms with E-state index in [0.717, 1.165) is 15.8 Å². The van der Waals surface area contributed by atoms with Crippen LogP contribution in [0.4, 0.5) is 0 Å². The Labute approximate surface area is 90.6 Å². The van der Waals surface area contributed by atoms with Gasteiger partial charge in [0, 0.05) is 6.92 Å². The molecular weight excluding hydrogens is 210 g/mol. The summed E-state index contributed by atoms with van der Waals surface area (Å²) in [4.78, 5) is 15.3. The van der Waals surface area contributed by atoms with Crippen LogP contribution < -0.4 is 10.6 Å². The second-order valence-corrected chi connectivity index (χ2v) is 4.32. The highest BCUT2D eigenvalue weighted by atomic mass is 32.1. The molecule has 0 aliphatic carbocycles. The van der Waals surface area contributed by atoms with Crippen molar-refractivity contribution in [2.45, 2.75) is 13.8 Å². The summed E-state index contributed by atoms with van der Waals surface area (Å²) in [6.45, 7) is 3.40. The molecule has 1 amide bonds. The van der Waals surface area contributed by atoms with Gasteiger partial charge in [0.25, 0.3) is 0 Å². The number of hydrogen-bond donors (Lipinski definition) is 1. The summed E-state index contributed by atoms with van der Waals surface area (Å²) in [6, 6.07) is 5.91. The van der Waals surface area contributed by atoms with Gasteiger partial charge in [-0.1, -0.05) is 23.5 Å². The largest absolute Gasteiger partial charge is 0.337 e. The van der Waals surface area contributed by atoms with Crippen LogP contribution in [-0.4, -0.2) is 10.6 Å². The summed E-state index contributed by atoms with van der Waals surface area (Å²) in [7, 11) is 0. The number of thiazole rings is 1. The molecule has 1 heterocycles. The van der Waals surface area contributed by atoms with Crippen LogP contribution in [0.1, 0.15) is 12.5 Å². The molecule has 5 heteroatoms. The summed E-state index contributed by atoms with van der Waals surface area (Å²) >= 11 is 1.42. The van der Waals surface area contributed by atoms with E-state index in [1.165, 1.54) is 22.9 Å². The fraction of sp³-hybridized carbons (Fsp3) is 0.200. The van der Waals surface area contributed by atoms with E-state index in [4.69, 9.17) is 5.84 Å². The number of hydrogen-bond acceptors (Lipinski definition) is 3. The molecule has 0 spiro atoms. The second-order valence-electron chi connectivity index (χ2n) is 3.31. The first kappa shape index (κ1) is 9.92. The van der Waals surface area contributed by atoms with Crippen LogP contribution in [0.25, 0.3) is 10.2 Å². The van der Waals surface area contributed by atoms with Crippen molar-refractivity contribution in [3.8, 4) is 0 Å². The summed E-state index contributed by atoms with van der Waals surface area (Å²) in [5.41, 5.74) is 2.01. The first-order valence-corrected chi connectivity index (χ1v) is 5.33. The lowest BCUT2D eigenvalue weighted by Crippen LogP contribution is -2.23. The van der Waals surface area contributed by atoms with Crippen LogP contribution in [0.3, 0.4) is 0 Å². The molecule has 4 nitrogen and oxygen atoms in total. The Kier molecular flexibility index (Phi) is 2.32. The van der Waals surface area contributed by atoms with Crippen molar-refractivity contribution in [2.24, 2.45) is 4.99 Å². The number of nitrogen functional groups attached to an aromatic ring is 1. The van der Waals surface area contributed by atoms with Crippen LogP contribution in [0.2, 0.25) is 0 Å². The Morgan fingerprint density at radius 2 is 2.27 bits per heavy atom. The fourth-order valence-corrected chi connectivity index (χ4v) is 2.54. The van der Waals surface area contributed by atoms with E-state index in [-0.39, 0.29) is 5.91 Å². The minimum absolute atomic E-state index is 0.238. The van der Waals surface area contributed by atoms with E-state index < -0.39 is 0 Å². The highest BCUT2D eigenvalue weighted by Crippen LogP contribution is 2.18. The van der Waals surface area contributed by atoms with Crippen LogP contribution in [0.5, 0.6) is 0 Å². The molecule has 1 aromatic heterocycles. The van der Waals surface area contributed by atoms with Crippen LogP contribution >= 0.6 is 11.3 Å². The molecule has 2 aromatic rings. The predicted molar refractivity (Wildman–Crippen MR) is 60.9 cm³/mol. The Hall–Kier alpha value is -1.62. The summed E-state index contributed by atoms with van der Waals surface area (Å²) < 4.78 is 2.51. The number of carbonyl (C=O) groups excluding carboxylic acids is 1. The normalized spacial score (nSPS) is 12.3. The van der Waals surface area contributed by atoms with Gasteiger partial charge in [-0.3, -0.25) is 4.79 Å². The molecule has 15 heavy (non-hydrogen) atoms. The molecule has 0 radical (unpaired) electrons. The quantitative estimate of drug-likeness (QED) is 0.679. The molecule has 0 aliphatic rings. The first-order chi connectivity index (χ1) is 7.09. The lowest BCUT2D eigenvalue weighted by atomic mass is 10.2. The van der Waals surface area contributed by atoms with Gasteiger partial charge >= 0.3 is 0 Å². The number of para-hydroxylation sites is 1. The Morgan fingerprint density at radius 3 is 2.87 bits per heavy atom. The third kappa shape index (κ3) is 1.66. The van der Waals surface area contributed by atoms with Gasteiger partial charge in [-0.25, -0.2) is 4.68 Å². The van der Waals surface area contributed by atoms with Gasteiger partial charge in [0.1, 0.15) is 0 Å². The number of aryl methyl sites for hydroxylation is 1. The smallest absolute Gasteiger partial charge is 0.245 e. The van der Waals surface area contributed by atoms with E-state index in [9.17, 15) is 4.79 Å². The molecule has 2 N–H and O–H groups in total. The van der Waals surface area contributed by atoms with Gasteiger partial charge < -0.3 is 5.84 Å². The van der Waals surface area contributed by atoms with Gasteiger partial charge in [0.05, 0.1) is 10.2 Å². The topological polar surface area (TPSA) is 60.4 Å². The Morgan fingerprint density at radius 1 is 1.53 bits per heavy atom. The van der Waals surface area contributed by atoms with Gasteiger partial charge in [-0.15, -0.1) is 0 Å². The van der Waals surface area contributed by atoms with Crippen LogP contribution in [0, 0.1) is 6.92 Å². The third-order valence-corrected chi connectivity index (χ3v) is 3.12. The van der Waals surface area contributed by atoms with E-state index in [1.54, 1.807) is 0 Å². The number of fused-ring (bicyclic) bond motifs is 1. The first-order valence-electron chi connectivity index (χ1n) is 4.51. The number of carbonyl (C=O) groups is 1. The molecule has 0 fully saturated rings. The lowest BCUT2D eigenvalue weighted by molar-refractivity contribution is -0.116. The average Bonchev–Trinajstić information content (AvgIpc) is 2.44.